The molecule has 0 fully saturated rings. The third-order valence-corrected chi connectivity index (χ3v) is 4.15. The summed E-state index contributed by atoms with van der Waals surface area (Å²) < 4.78 is 10.8. The summed E-state index contributed by atoms with van der Waals surface area (Å²) in [6, 6.07) is 10.3. The molecule has 2 aromatic rings. The molecule has 0 amide bonds. The summed E-state index contributed by atoms with van der Waals surface area (Å²) in [5, 5.41) is 9.76. The summed E-state index contributed by atoms with van der Waals surface area (Å²) in [6.07, 6.45) is 3.07. The molecule has 9 heteroatoms. The minimum absolute atomic E-state index is 0.522. The predicted molar refractivity (Wildman–Crippen MR) is 121 cm³/mol. The molecule has 0 aliphatic heterocycles. The van der Waals surface area contributed by atoms with E-state index in [1.165, 1.54) is 5.56 Å². The number of unbranched alkanes of at least 4 members (excludes halogenated alkanes) is 1. The Balaban J connectivity index is 1.81. The Hall–Kier alpha value is -2.49. The zero-order valence-electron chi connectivity index (χ0n) is 17.9. The maximum atomic E-state index is 5.53. The second kappa shape index (κ2) is 15.4. The molecule has 0 atom stereocenters. The number of hydrogen-bond donors (Lipinski definition) is 4. The van der Waals surface area contributed by atoms with E-state index in [-0.39, 0.29) is 0 Å². The Kier molecular flexibility index (Phi) is 12.2. The first-order valence-corrected chi connectivity index (χ1v) is 10.7. The predicted octanol–water partition coefficient (Wildman–Crippen LogP) is 2.14. The average Bonchev–Trinajstić information content (AvgIpc) is 2.76. The highest BCUT2D eigenvalue weighted by molar-refractivity contribution is 5.42. The van der Waals surface area contributed by atoms with Gasteiger partial charge in [-0.15, -0.1) is 0 Å². The highest BCUT2D eigenvalue weighted by Crippen LogP contribution is 2.10. The van der Waals surface area contributed by atoms with Crippen LogP contribution < -0.4 is 21.7 Å². The monoisotopic (exact) mass is 417 g/mol. The van der Waals surface area contributed by atoms with E-state index >= 15 is 0 Å². The highest BCUT2D eigenvalue weighted by atomic mass is 16.5. The van der Waals surface area contributed by atoms with Crippen molar-refractivity contribution in [3.8, 4) is 0 Å². The van der Waals surface area contributed by atoms with Gasteiger partial charge in [0.1, 0.15) is 0 Å². The number of benzene rings is 1. The first kappa shape index (κ1) is 23.8. The lowest BCUT2D eigenvalue weighted by molar-refractivity contribution is 0.0547. The fourth-order valence-electron chi connectivity index (χ4n) is 2.59. The van der Waals surface area contributed by atoms with E-state index in [9.17, 15) is 0 Å². The van der Waals surface area contributed by atoms with Crippen molar-refractivity contribution in [3.63, 3.8) is 0 Å². The number of nitrogens with one attached hydrogen (secondary N) is 3. The normalized spacial score (nSPS) is 10.7. The van der Waals surface area contributed by atoms with E-state index in [1.54, 1.807) is 0 Å². The van der Waals surface area contributed by atoms with Crippen LogP contribution in [0, 0.1) is 0 Å². The number of aromatic nitrogens is 3. The third kappa shape index (κ3) is 10.3. The molecule has 1 aromatic heterocycles. The van der Waals surface area contributed by atoms with Crippen molar-refractivity contribution in [2.24, 2.45) is 5.73 Å². The molecule has 1 heterocycles. The van der Waals surface area contributed by atoms with Gasteiger partial charge in [0.15, 0.2) is 0 Å². The van der Waals surface area contributed by atoms with E-state index in [2.05, 4.69) is 50.0 Å². The van der Waals surface area contributed by atoms with E-state index < -0.39 is 0 Å². The molecule has 0 unspecified atom stereocenters. The van der Waals surface area contributed by atoms with Gasteiger partial charge < -0.3 is 31.2 Å². The van der Waals surface area contributed by atoms with Crippen molar-refractivity contribution < 1.29 is 9.47 Å². The van der Waals surface area contributed by atoms with Gasteiger partial charge in [-0.05, 0) is 18.4 Å². The van der Waals surface area contributed by atoms with Crippen LogP contribution in [0.1, 0.15) is 25.3 Å². The van der Waals surface area contributed by atoms with Crippen LogP contribution in [0.2, 0.25) is 0 Å². The van der Waals surface area contributed by atoms with Crippen molar-refractivity contribution in [1.82, 2.24) is 15.0 Å². The van der Waals surface area contributed by atoms with Gasteiger partial charge in [0.25, 0.3) is 0 Å². The van der Waals surface area contributed by atoms with Crippen molar-refractivity contribution >= 4 is 17.8 Å². The van der Waals surface area contributed by atoms with Crippen LogP contribution in [0.5, 0.6) is 0 Å². The largest absolute Gasteiger partial charge is 0.378 e. The van der Waals surface area contributed by atoms with Crippen LogP contribution in [-0.4, -0.2) is 67.6 Å². The fourth-order valence-corrected chi connectivity index (χ4v) is 2.59. The molecule has 166 valence electrons. The Morgan fingerprint density at radius 3 is 2.00 bits per heavy atom. The van der Waals surface area contributed by atoms with Crippen LogP contribution in [0.25, 0.3) is 0 Å². The second-order valence-electron chi connectivity index (χ2n) is 6.69. The van der Waals surface area contributed by atoms with Gasteiger partial charge in [0.05, 0.1) is 26.4 Å². The first-order chi connectivity index (χ1) is 14.8. The zero-order chi connectivity index (χ0) is 21.3. The number of rotatable bonds is 17. The molecule has 1 aromatic carbocycles. The van der Waals surface area contributed by atoms with Gasteiger partial charge in [-0.2, -0.15) is 15.0 Å². The lowest BCUT2D eigenvalue weighted by Gasteiger charge is -2.11. The number of nitrogens with zero attached hydrogens (tertiary/aromatic N) is 3. The summed E-state index contributed by atoms with van der Waals surface area (Å²) in [7, 11) is 0. The summed E-state index contributed by atoms with van der Waals surface area (Å²) in [5.41, 5.74) is 6.64. The summed E-state index contributed by atoms with van der Waals surface area (Å²) in [6.45, 7) is 7.02. The van der Waals surface area contributed by atoms with E-state index in [0.717, 1.165) is 32.4 Å². The average molecular weight is 418 g/mol. The lowest BCUT2D eigenvalue weighted by atomic mass is 10.1. The molecule has 0 aliphatic rings. The van der Waals surface area contributed by atoms with Crippen LogP contribution in [-0.2, 0) is 15.9 Å². The third-order valence-electron chi connectivity index (χ3n) is 4.15. The minimum Gasteiger partial charge on any atom is -0.378 e. The van der Waals surface area contributed by atoms with Crippen molar-refractivity contribution in [3.05, 3.63) is 35.9 Å². The number of nitrogens with two attached hydrogens (primary N) is 1. The molecule has 0 aliphatic carbocycles. The van der Waals surface area contributed by atoms with Crippen LogP contribution in [0.15, 0.2) is 30.3 Å². The lowest BCUT2D eigenvalue weighted by Crippen LogP contribution is -2.17. The first-order valence-electron chi connectivity index (χ1n) is 10.7. The van der Waals surface area contributed by atoms with Gasteiger partial charge in [-0.1, -0.05) is 43.7 Å². The molecular weight excluding hydrogens is 382 g/mol. The number of anilines is 3. The van der Waals surface area contributed by atoms with Gasteiger partial charge >= 0.3 is 0 Å². The van der Waals surface area contributed by atoms with E-state index in [1.807, 2.05) is 18.2 Å². The maximum absolute atomic E-state index is 5.53. The second-order valence-corrected chi connectivity index (χ2v) is 6.69. The smallest absolute Gasteiger partial charge is 0.229 e. The fraction of sp³-hybridized carbons (Fsp3) is 0.571. The highest BCUT2D eigenvalue weighted by Gasteiger charge is 2.06. The Labute approximate surface area is 179 Å². The Morgan fingerprint density at radius 2 is 1.37 bits per heavy atom. The van der Waals surface area contributed by atoms with Gasteiger partial charge in [-0.25, -0.2) is 0 Å². The molecular formula is C21H35N7O2. The summed E-state index contributed by atoms with van der Waals surface area (Å²) >= 11 is 0. The summed E-state index contributed by atoms with van der Waals surface area (Å²) in [5.74, 6) is 1.65. The van der Waals surface area contributed by atoms with Crippen LogP contribution in [0.4, 0.5) is 17.8 Å². The van der Waals surface area contributed by atoms with E-state index in [0.29, 0.717) is 57.4 Å². The topological polar surface area (TPSA) is 119 Å². The van der Waals surface area contributed by atoms with Crippen molar-refractivity contribution in [1.29, 1.82) is 0 Å². The summed E-state index contributed by atoms with van der Waals surface area (Å²) in [4.78, 5) is 13.4. The van der Waals surface area contributed by atoms with Crippen molar-refractivity contribution in [2.45, 2.75) is 26.2 Å². The molecule has 0 bridgehead atoms. The number of ether oxygens (including phenoxy) is 2. The SMILES string of the molecule is CCCCNc1nc(NCCOCCOCCN)nc(NCCc2ccccc2)n1. The molecule has 5 N–H and O–H groups in total. The maximum Gasteiger partial charge on any atom is 0.229 e. The minimum atomic E-state index is 0.522. The van der Waals surface area contributed by atoms with Gasteiger partial charge in [0.2, 0.25) is 17.8 Å². The molecule has 2 rings (SSSR count). The number of hydrogen-bond acceptors (Lipinski definition) is 9. The van der Waals surface area contributed by atoms with Gasteiger partial charge in [0, 0.05) is 26.2 Å². The quantitative estimate of drug-likeness (QED) is 0.287. The molecule has 0 spiro atoms. The van der Waals surface area contributed by atoms with Crippen molar-refractivity contribution in [2.75, 3.05) is 68.6 Å². The molecule has 0 saturated heterocycles. The van der Waals surface area contributed by atoms with Crippen LogP contribution in [0.3, 0.4) is 0 Å². The van der Waals surface area contributed by atoms with Gasteiger partial charge in [-0.3, -0.25) is 0 Å². The molecule has 9 nitrogen and oxygen atoms in total. The Morgan fingerprint density at radius 1 is 0.767 bits per heavy atom. The Bertz CT molecular complexity index is 688. The standard InChI is InChI=1S/C21H35N7O2/c1-2-3-11-23-19-26-20(24-12-9-18-7-5-4-6-8-18)28-21(27-19)25-13-15-30-17-16-29-14-10-22/h4-8H,2-3,9-17,22H2,1H3,(H3,23,24,25,26,27,28). The molecule has 0 radical (unpaired) electrons. The molecule has 0 saturated carbocycles. The molecule has 30 heavy (non-hydrogen) atoms. The van der Waals surface area contributed by atoms with E-state index in [4.69, 9.17) is 15.2 Å². The zero-order valence-corrected chi connectivity index (χ0v) is 17.9. The van der Waals surface area contributed by atoms with Crippen LogP contribution >= 0.6 is 0 Å².